The highest BCUT2D eigenvalue weighted by Crippen LogP contribution is 2.34. The van der Waals surface area contributed by atoms with Gasteiger partial charge in [-0.25, -0.2) is 0 Å². The van der Waals surface area contributed by atoms with Crippen molar-refractivity contribution < 1.29 is 14.3 Å². The molecule has 5 heteroatoms. The van der Waals surface area contributed by atoms with Gasteiger partial charge in [-0.1, -0.05) is 199 Å². The van der Waals surface area contributed by atoms with Gasteiger partial charge in [0.2, 0.25) is 5.91 Å². The molecule has 0 aliphatic rings. The van der Waals surface area contributed by atoms with Crippen LogP contribution in [0.1, 0.15) is 206 Å². The molecule has 1 rings (SSSR count). The van der Waals surface area contributed by atoms with E-state index in [1.54, 1.807) is 18.8 Å². The minimum atomic E-state index is -0.0337. The lowest BCUT2D eigenvalue weighted by atomic mass is 9.78. The first-order valence-electron chi connectivity index (χ1n) is 21.6. The molecular formula is C45H81NO3S. The monoisotopic (exact) mass is 716 g/mol. The number of ether oxygens (including phenoxy) is 1. The van der Waals surface area contributed by atoms with Crippen molar-refractivity contribution in [2.45, 2.75) is 211 Å². The van der Waals surface area contributed by atoms with Crippen LogP contribution in [0.15, 0.2) is 35.2 Å². The highest BCUT2D eigenvalue weighted by atomic mass is 32.2. The SMILES string of the molecule is CCCCCCCCC(CCCCCCCCC(=O)NC)C(CCCCCCCC)CCCCCCCCC(=O)OCCSc1ccccc1. The van der Waals surface area contributed by atoms with E-state index in [0.717, 1.165) is 36.9 Å². The Morgan fingerprint density at radius 3 is 1.40 bits per heavy atom. The lowest BCUT2D eigenvalue weighted by Crippen LogP contribution is -2.16. The fraction of sp³-hybridized carbons (Fsp3) is 0.822. The zero-order valence-electron chi connectivity index (χ0n) is 33.3. The Morgan fingerprint density at radius 2 is 0.960 bits per heavy atom. The van der Waals surface area contributed by atoms with Gasteiger partial charge in [0, 0.05) is 30.5 Å². The summed E-state index contributed by atoms with van der Waals surface area (Å²) >= 11 is 1.74. The first-order chi connectivity index (χ1) is 24.6. The highest BCUT2D eigenvalue weighted by molar-refractivity contribution is 7.99. The van der Waals surface area contributed by atoms with E-state index in [1.807, 2.05) is 18.2 Å². The number of rotatable bonds is 37. The molecule has 0 aromatic heterocycles. The molecule has 0 fully saturated rings. The van der Waals surface area contributed by atoms with E-state index in [1.165, 1.54) is 165 Å². The van der Waals surface area contributed by atoms with Gasteiger partial charge >= 0.3 is 5.97 Å². The Labute approximate surface area is 315 Å². The van der Waals surface area contributed by atoms with Crippen LogP contribution in [0.3, 0.4) is 0 Å². The van der Waals surface area contributed by atoms with Crippen LogP contribution in [-0.4, -0.2) is 31.3 Å². The number of hydrogen-bond acceptors (Lipinski definition) is 4. The number of carbonyl (C=O) groups excluding carboxylic acids is 2. The molecule has 0 saturated heterocycles. The minimum Gasteiger partial charge on any atom is -0.465 e. The van der Waals surface area contributed by atoms with Crippen molar-refractivity contribution >= 4 is 23.6 Å². The van der Waals surface area contributed by atoms with E-state index < -0.39 is 0 Å². The van der Waals surface area contributed by atoms with Crippen molar-refractivity contribution in [1.82, 2.24) is 5.32 Å². The van der Waals surface area contributed by atoms with E-state index in [4.69, 9.17) is 4.74 Å². The zero-order chi connectivity index (χ0) is 36.2. The van der Waals surface area contributed by atoms with Crippen molar-refractivity contribution in [3.8, 4) is 0 Å². The molecule has 0 aliphatic heterocycles. The van der Waals surface area contributed by atoms with Gasteiger partial charge in [-0.2, -0.15) is 0 Å². The van der Waals surface area contributed by atoms with Gasteiger partial charge in [0.05, 0.1) is 0 Å². The maximum absolute atomic E-state index is 12.2. The first-order valence-corrected chi connectivity index (χ1v) is 22.6. The fourth-order valence-corrected chi connectivity index (χ4v) is 8.17. The molecule has 2 atom stereocenters. The Bertz CT molecular complexity index is 878. The molecule has 0 spiro atoms. The smallest absolute Gasteiger partial charge is 0.305 e. The summed E-state index contributed by atoms with van der Waals surface area (Å²) in [5.41, 5.74) is 0. The fourth-order valence-electron chi connectivity index (χ4n) is 7.42. The van der Waals surface area contributed by atoms with Crippen molar-refractivity contribution in [2.75, 3.05) is 19.4 Å². The molecule has 0 heterocycles. The van der Waals surface area contributed by atoms with Crippen LogP contribution in [-0.2, 0) is 14.3 Å². The van der Waals surface area contributed by atoms with Crippen LogP contribution in [0.4, 0.5) is 0 Å². The third-order valence-corrected chi connectivity index (χ3v) is 11.6. The summed E-state index contributed by atoms with van der Waals surface area (Å²) in [5, 5.41) is 2.75. The molecule has 1 amide bonds. The molecule has 290 valence electrons. The van der Waals surface area contributed by atoms with Crippen molar-refractivity contribution in [3.63, 3.8) is 0 Å². The van der Waals surface area contributed by atoms with Gasteiger partial charge in [0.15, 0.2) is 0 Å². The van der Waals surface area contributed by atoms with E-state index in [-0.39, 0.29) is 11.9 Å². The second-order valence-electron chi connectivity index (χ2n) is 15.0. The average molecular weight is 716 g/mol. The van der Waals surface area contributed by atoms with Crippen LogP contribution in [0.2, 0.25) is 0 Å². The van der Waals surface area contributed by atoms with E-state index in [2.05, 4.69) is 31.3 Å². The summed E-state index contributed by atoms with van der Waals surface area (Å²) in [4.78, 5) is 24.9. The van der Waals surface area contributed by atoms with Crippen LogP contribution >= 0.6 is 11.8 Å². The molecule has 1 N–H and O–H groups in total. The van der Waals surface area contributed by atoms with Crippen LogP contribution < -0.4 is 5.32 Å². The number of carbonyl (C=O) groups is 2. The number of thioether (sulfide) groups is 1. The molecule has 0 aliphatic carbocycles. The van der Waals surface area contributed by atoms with Gasteiger partial charge in [-0.05, 0) is 36.8 Å². The Kier molecular flexibility index (Phi) is 33.4. The quantitative estimate of drug-likeness (QED) is 0.0423. The van der Waals surface area contributed by atoms with Crippen molar-refractivity contribution in [3.05, 3.63) is 30.3 Å². The van der Waals surface area contributed by atoms with Gasteiger partial charge in [0.25, 0.3) is 0 Å². The standard InChI is InChI=1S/C45H81NO3S/c1-4-6-8-10-16-23-31-41(33-25-18-12-14-20-29-37-44(47)46-3)42(32-24-17-11-9-7-5-2)34-26-19-13-15-21-30-38-45(48)49-39-40-50-43-35-27-22-28-36-43/h22,27-28,35-36,41-42H,4-21,23-26,29-34,37-40H2,1-3H3,(H,46,47). The number of amides is 1. The molecule has 0 saturated carbocycles. The molecule has 0 bridgehead atoms. The summed E-state index contributed by atoms with van der Waals surface area (Å²) in [6.45, 7) is 5.13. The topological polar surface area (TPSA) is 55.4 Å². The summed E-state index contributed by atoms with van der Waals surface area (Å²) in [7, 11) is 1.74. The molecule has 1 aromatic rings. The number of unbranched alkanes of at least 4 members (excludes halogenated alkanes) is 20. The van der Waals surface area contributed by atoms with E-state index in [9.17, 15) is 9.59 Å². The number of benzene rings is 1. The number of hydrogen-bond donors (Lipinski definition) is 1. The maximum atomic E-state index is 12.2. The lowest BCUT2D eigenvalue weighted by molar-refractivity contribution is -0.143. The summed E-state index contributed by atoms with van der Waals surface area (Å²) in [5.74, 6) is 2.77. The van der Waals surface area contributed by atoms with Crippen LogP contribution in [0.25, 0.3) is 0 Å². The third-order valence-electron chi connectivity index (χ3n) is 10.6. The summed E-state index contributed by atoms with van der Waals surface area (Å²) < 4.78 is 5.46. The van der Waals surface area contributed by atoms with Gasteiger partial charge < -0.3 is 10.1 Å². The summed E-state index contributed by atoms with van der Waals surface area (Å²) in [6, 6.07) is 10.3. The lowest BCUT2D eigenvalue weighted by Gasteiger charge is -2.28. The second kappa shape index (κ2) is 35.9. The minimum absolute atomic E-state index is 0.0337. The Balaban J connectivity index is 2.43. The molecule has 1 aromatic carbocycles. The maximum Gasteiger partial charge on any atom is 0.305 e. The number of nitrogens with one attached hydrogen (secondary N) is 1. The number of esters is 1. The Hall–Kier alpha value is -1.49. The van der Waals surface area contributed by atoms with Gasteiger partial charge in [0.1, 0.15) is 6.61 Å². The Morgan fingerprint density at radius 1 is 0.560 bits per heavy atom. The van der Waals surface area contributed by atoms with Gasteiger partial charge in [-0.15, -0.1) is 11.8 Å². The molecule has 4 nitrogen and oxygen atoms in total. The first kappa shape index (κ1) is 46.5. The molecular weight excluding hydrogens is 635 g/mol. The highest BCUT2D eigenvalue weighted by Gasteiger charge is 2.21. The van der Waals surface area contributed by atoms with Crippen LogP contribution in [0.5, 0.6) is 0 Å². The van der Waals surface area contributed by atoms with Crippen LogP contribution in [0, 0.1) is 11.8 Å². The largest absolute Gasteiger partial charge is 0.465 e. The van der Waals surface area contributed by atoms with Crippen molar-refractivity contribution in [2.24, 2.45) is 11.8 Å². The van der Waals surface area contributed by atoms with E-state index >= 15 is 0 Å². The summed E-state index contributed by atoms with van der Waals surface area (Å²) in [6.07, 6.45) is 38.7. The predicted molar refractivity (Wildman–Crippen MR) is 219 cm³/mol. The van der Waals surface area contributed by atoms with E-state index in [0.29, 0.717) is 19.4 Å². The molecule has 50 heavy (non-hydrogen) atoms. The zero-order valence-corrected chi connectivity index (χ0v) is 34.1. The normalized spacial score (nSPS) is 12.5. The molecule has 2 unspecified atom stereocenters. The van der Waals surface area contributed by atoms with Gasteiger partial charge in [-0.3, -0.25) is 9.59 Å². The second-order valence-corrected chi connectivity index (χ2v) is 16.2. The third kappa shape index (κ3) is 29.1. The molecule has 0 radical (unpaired) electrons. The predicted octanol–water partition coefficient (Wildman–Crippen LogP) is 14.0. The average Bonchev–Trinajstić information content (AvgIpc) is 3.13. The van der Waals surface area contributed by atoms with Crippen molar-refractivity contribution in [1.29, 1.82) is 0 Å².